The summed E-state index contributed by atoms with van der Waals surface area (Å²) in [6.45, 7) is 6.90. The summed E-state index contributed by atoms with van der Waals surface area (Å²) < 4.78 is 4.96. The molecule has 0 unspecified atom stereocenters. The molecule has 0 bridgehead atoms. The van der Waals surface area contributed by atoms with Gasteiger partial charge in [0.05, 0.1) is 6.61 Å². The summed E-state index contributed by atoms with van der Waals surface area (Å²) in [4.78, 5) is 30.5. The predicted molar refractivity (Wildman–Crippen MR) is 107 cm³/mol. The Bertz CT molecular complexity index is 851. The molecule has 3 rings (SSSR count). The molecule has 142 valence electrons. The molecule has 2 heterocycles. The second-order valence-corrected chi connectivity index (χ2v) is 8.24. The number of hydrogen-bond donors (Lipinski definition) is 0. The topological polar surface area (TPSA) is 59.5 Å². The second kappa shape index (κ2) is 8.57. The van der Waals surface area contributed by atoms with Gasteiger partial charge in [0.15, 0.2) is 0 Å². The quantitative estimate of drug-likeness (QED) is 0.560. The SMILES string of the molecule is CCOC(=O)CN1CCc2cc(-c3cccnc3SC(C)C)ccc2C1=O. The molecule has 1 aliphatic heterocycles. The number of esters is 1. The maximum absolute atomic E-state index is 12.7. The molecule has 0 fully saturated rings. The Morgan fingerprint density at radius 3 is 2.85 bits per heavy atom. The van der Waals surface area contributed by atoms with Crippen LogP contribution in [0.4, 0.5) is 0 Å². The lowest BCUT2D eigenvalue weighted by atomic mass is 9.94. The molecule has 5 nitrogen and oxygen atoms in total. The van der Waals surface area contributed by atoms with Crippen molar-refractivity contribution in [3.8, 4) is 11.1 Å². The van der Waals surface area contributed by atoms with Crippen molar-refractivity contribution in [1.29, 1.82) is 0 Å². The zero-order valence-electron chi connectivity index (χ0n) is 15.9. The van der Waals surface area contributed by atoms with E-state index >= 15 is 0 Å². The average molecular weight is 385 g/mol. The van der Waals surface area contributed by atoms with Gasteiger partial charge in [-0.25, -0.2) is 4.98 Å². The Labute approximate surface area is 164 Å². The summed E-state index contributed by atoms with van der Waals surface area (Å²) in [5, 5.41) is 1.44. The van der Waals surface area contributed by atoms with E-state index in [-0.39, 0.29) is 18.4 Å². The molecular weight excluding hydrogens is 360 g/mol. The largest absolute Gasteiger partial charge is 0.465 e. The highest BCUT2D eigenvalue weighted by atomic mass is 32.2. The molecule has 1 aliphatic rings. The van der Waals surface area contributed by atoms with Crippen LogP contribution in [0, 0.1) is 0 Å². The van der Waals surface area contributed by atoms with E-state index in [4.69, 9.17) is 4.74 Å². The molecule has 0 spiro atoms. The van der Waals surface area contributed by atoms with Crippen molar-refractivity contribution in [3.63, 3.8) is 0 Å². The molecule has 0 saturated carbocycles. The highest BCUT2D eigenvalue weighted by Crippen LogP contribution is 2.33. The lowest BCUT2D eigenvalue weighted by Crippen LogP contribution is -2.41. The Balaban J connectivity index is 1.85. The van der Waals surface area contributed by atoms with E-state index in [0.717, 1.165) is 28.1 Å². The molecule has 0 saturated heterocycles. The number of pyridine rings is 1. The Kier molecular flexibility index (Phi) is 6.16. The molecule has 1 aromatic carbocycles. The van der Waals surface area contributed by atoms with Gasteiger partial charge in [0.2, 0.25) is 0 Å². The van der Waals surface area contributed by atoms with Gasteiger partial charge in [-0.2, -0.15) is 0 Å². The fourth-order valence-corrected chi connectivity index (χ4v) is 4.03. The number of rotatable bonds is 6. The number of fused-ring (bicyclic) bond motifs is 1. The number of ether oxygens (including phenoxy) is 1. The van der Waals surface area contributed by atoms with Gasteiger partial charge in [0, 0.05) is 29.1 Å². The maximum atomic E-state index is 12.7. The van der Waals surface area contributed by atoms with Gasteiger partial charge in [0.25, 0.3) is 5.91 Å². The number of amides is 1. The van der Waals surface area contributed by atoms with Crippen molar-refractivity contribution in [3.05, 3.63) is 47.7 Å². The third-order valence-electron chi connectivity index (χ3n) is 4.33. The number of thioether (sulfide) groups is 1. The minimum Gasteiger partial charge on any atom is -0.465 e. The molecule has 2 aromatic rings. The van der Waals surface area contributed by atoms with Crippen LogP contribution in [0.5, 0.6) is 0 Å². The smallest absolute Gasteiger partial charge is 0.325 e. The van der Waals surface area contributed by atoms with Gasteiger partial charge in [-0.05, 0) is 36.6 Å². The van der Waals surface area contributed by atoms with Gasteiger partial charge in [-0.1, -0.05) is 32.0 Å². The van der Waals surface area contributed by atoms with Crippen LogP contribution < -0.4 is 0 Å². The van der Waals surface area contributed by atoms with E-state index in [1.165, 1.54) is 0 Å². The van der Waals surface area contributed by atoms with Gasteiger partial charge in [-0.15, -0.1) is 11.8 Å². The Morgan fingerprint density at radius 1 is 1.30 bits per heavy atom. The number of nitrogens with zero attached hydrogens (tertiary/aromatic N) is 2. The minimum atomic E-state index is -0.364. The maximum Gasteiger partial charge on any atom is 0.325 e. The molecule has 0 atom stereocenters. The van der Waals surface area contributed by atoms with Crippen LogP contribution in [-0.4, -0.2) is 46.7 Å². The van der Waals surface area contributed by atoms with Crippen LogP contribution in [0.3, 0.4) is 0 Å². The number of aromatic nitrogens is 1. The zero-order valence-corrected chi connectivity index (χ0v) is 16.7. The first kappa shape index (κ1) is 19.4. The van der Waals surface area contributed by atoms with Crippen molar-refractivity contribution in [2.24, 2.45) is 0 Å². The van der Waals surface area contributed by atoms with Crippen molar-refractivity contribution in [2.75, 3.05) is 19.7 Å². The Hall–Kier alpha value is -2.34. The van der Waals surface area contributed by atoms with Gasteiger partial charge >= 0.3 is 5.97 Å². The van der Waals surface area contributed by atoms with Gasteiger partial charge in [0.1, 0.15) is 11.6 Å². The number of benzene rings is 1. The molecule has 0 aliphatic carbocycles. The summed E-state index contributed by atoms with van der Waals surface area (Å²) in [6, 6.07) is 9.91. The van der Waals surface area contributed by atoms with Gasteiger partial charge in [-0.3, -0.25) is 9.59 Å². The van der Waals surface area contributed by atoms with Crippen LogP contribution in [-0.2, 0) is 16.0 Å². The normalized spacial score (nSPS) is 13.6. The third-order valence-corrected chi connectivity index (χ3v) is 5.35. The Morgan fingerprint density at radius 2 is 2.11 bits per heavy atom. The van der Waals surface area contributed by atoms with E-state index in [1.807, 2.05) is 24.4 Å². The van der Waals surface area contributed by atoms with E-state index < -0.39 is 0 Å². The fraction of sp³-hybridized carbons (Fsp3) is 0.381. The van der Waals surface area contributed by atoms with Crippen molar-refractivity contribution in [1.82, 2.24) is 9.88 Å². The first-order chi connectivity index (χ1) is 13.0. The average Bonchev–Trinajstić information content (AvgIpc) is 2.64. The monoisotopic (exact) mass is 384 g/mol. The molecule has 6 heteroatoms. The molecule has 27 heavy (non-hydrogen) atoms. The second-order valence-electron chi connectivity index (χ2n) is 6.68. The van der Waals surface area contributed by atoms with Crippen LogP contribution in [0.1, 0.15) is 36.7 Å². The van der Waals surface area contributed by atoms with Crippen molar-refractivity contribution in [2.45, 2.75) is 37.5 Å². The summed E-state index contributed by atoms with van der Waals surface area (Å²) in [5.41, 5.74) is 3.83. The van der Waals surface area contributed by atoms with E-state index in [0.29, 0.717) is 24.0 Å². The summed E-state index contributed by atoms with van der Waals surface area (Å²) in [6.07, 6.45) is 2.53. The highest BCUT2D eigenvalue weighted by Gasteiger charge is 2.26. The zero-order chi connectivity index (χ0) is 19.4. The summed E-state index contributed by atoms with van der Waals surface area (Å²) in [5.74, 6) is -0.476. The molecule has 1 amide bonds. The van der Waals surface area contributed by atoms with Crippen LogP contribution >= 0.6 is 11.8 Å². The van der Waals surface area contributed by atoms with Crippen LogP contribution in [0.25, 0.3) is 11.1 Å². The van der Waals surface area contributed by atoms with E-state index in [2.05, 4.69) is 31.0 Å². The predicted octanol–water partition coefficient (Wildman–Crippen LogP) is 3.81. The van der Waals surface area contributed by atoms with E-state index in [1.54, 1.807) is 23.6 Å². The number of hydrogen-bond acceptors (Lipinski definition) is 5. The van der Waals surface area contributed by atoms with Gasteiger partial charge < -0.3 is 9.64 Å². The standard InChI is InChI=1S/C21H24N2O3S/c1-4-26-19(24)13-23-11-9-16-12-15(7-8-18(16)21(23)25)17-6-5-10-22-20(17)27-14(2)3/h5-8,10,12,14H,4,9,11,13H2,1-3H3. The fourth-order valence-electron chi connectivity index (χ4n) is 3.15. The summed E-state index contributed by atoms with van der Waals surface area (Å²) in [7, 11) is 0. The van der Waals surface area contributed by atoms with Crippen LogP contribution in [0.2, 0.25) is 0 Å². The molecule has 0 radical (unpaired) electrons. The highest BCUT2D eigenvalue weighted by molar-refractivity contribution is 7.99. The molecule has 0 N–H and O–H groups in total. The lowest BCUT2D eigenvalue weighted by Gasteiger charge is -2.28. The third kappa shape index (κ3) is 4.50. The number of carbonyl (C=O) groups is 2. The van der Waals surface area contributed by atoms with Crippen LogP contribution in [0.15, 0.2) is 41.6 Å². The number of carbonyl (C=O) groups excluding carboxylic acids is 2. The molecular formula is C21H24N2O3S. The van der Waals surface area contributed by atoms with Crippen molar-refractivity contribution < 1.29 is 14.3 Å². The lowest BCUT2D eigenvalue weighted by molar-refractivity contribution is -0.143. The minimum absolute atomic E-state index is 0.00560. The first-order valence-electron chi connectivity index (χ1n) is 9.19. The summed E-state index contributed by atoms with van der Waals surface area (Å²) >= 11 is 1.73. The van der Waals surface area contributed by atoms with E-state index in [9.17, 15) is 9.59 Å². The molecule has 1 aromatic heterocycles. The van der Waals surface area contributed by atoms with Crippen molar-refractivity contribution >= 4 is 23.6 Å². The first-order valence-corrected chi connectivity index (χ1v) is 10.1.